The Hall–Kier alpha value is -6.16. The number of anilines is 2. The molecule has 5 aromatic carbocycles. The van der Waals surface area contributed by atoms with Gasteiger partial charge in [0.15, 0.2) is 0 Å². The van der Waals surface area contributed by atoms with Crippen LogP contribution in [0, 0.1) is 0 Å². The maximum atomic E-state index is 13.7. The van der Waals surface area contributed by atoms with Crippen molar-refractivity contribution < 1.29 is 39.0 Å². The van der Waals surface area contributed by atoms with Crippen LogP contribution in [-0.2, 0) is 0 Å². The van der Waals surface area contributed by atoms with E-state index in [9.17, 15) is 39.0 Å². The van der Waals surface area contributed by atoms with E-state index in [1.807, 2.05) is 0 Å². The number of imide groups is 2. The van der Waals surface area contributed by atoms with Gasteiger partial charge in [0.25, 0.3) is 23.6 Å². The minimum absolute atomic E-state index is 0.0493. The Morgan fingerprint density at radius 2 is 0.762 bits per heavy atom. The SMILES string of the molecule is O=C(O)c1ccc2c(c1)C(=O)N(c1c3ccccc3c(N3C(=O)c4ccc(C(=O)O)cc4C3=O)c3ccccc13)C2=O. The summed E-state index contributed by atoms with van der Waals surface area (Å²) < 4.78 is 0. The van der Waals surface area contributed by atoms with Crippen molar-refractivity contribution in [1.82, 2.24) is 0 Å². The molecule has 7 rings (SSSR count). The first-order chi connectivity index (χ1) is 20.2. The number of hydrogen-bond acceptors (Lipinski definition) is 6. The molecule has 4 amide bonds. The number of carbonyl (C=O) groups is 6. The van der Waals surface area contributed by atoms with E-state index in [0.29, 0.717) is 21.5 Å². The minimum Gasteiger partial charge on any atom is -0.478 e. The van der Waals surface area contributed by atoms with E-state index in [4.69, 9.17) is 0 Å². The molecule has 0 spiro atoms. The highest BCUT2D eigenvalue weighted by Crippen LogP contribution is 2.47. The fraction of sp³-hybridized carbons (Fsp3) is 0. The summed E-state index contributed by atoms with van der Waals surface area (Å²) in [7, 11) is 0. The molecule has 10 nitrogen and oxygen atoms in total. The van der Waals surface area contributed by atoms with Gasteiger partial charge in [-0.1, -0.05) is 48.5 Å². The summed E-state index contributed by atoms with van der Waals surface area (Å²) in [5.74, 6) is -5.18. The predicted octanol–water partition coefficient (Wildman–Crippen LogP) is 4.99. The maximum absolute atomic E-state index is 13.7. The van der Waals surface area contributed by atoms with Crippen molar-refractivity contribution in [3.8, 4) is 0 Å². The maximum Gasteiger partial charge on any atom is 0.335 e. The van der Waals surface area contributed by atoms with Crippen LogP contribution in [0.25, 0.3) is 21.5 Å². The second-order valence-electron chi connectivity index (χ2n) is 9.81. The number of nitrogens with zero attached hydrogens (tertiary/aromatic N) is 2. The largest absolute Gasteiger partial charge is 0.478 e. The van der Waals surface area contributed by atoms with Gasteiger partial charge in [0.05, 0.1) is 44.8 Å². The van der Waals surface area contributed by atoms with Gasteiger partial charge in [-0.3, -0.25) is 19.2 Å². The fourth-order valence-corrected chi connectivity index (χ4v) is 5.72. The van der Waals surface area contributed by atoms with Crippen LogP contribution in [0.5, 0.6) is 0 Å². The number of carbonyl (C=O) groups excluding carboxylic acids is 4. The van der Waals surface area contributed by atoms with Gasteiger partial charge in [-0.15, -0.1) is 0 Å². The number of rotatable bonds is 4. The normalized spacial score (nSPS) is 14.2. The summed E-state index contributed by atoms with van der Waals surface area (Å²) >= 11 is 0. The molecule has 0 radical (unpaired) electrons. The van der Waals surface area contributed by atoms with Crippen molar-refractivity contribution >= 4 is 68.5 Å². The van der Waals surface area contributed by atoms with Crippen molar-refractivity contribution in [1.29, 1.82) is 0 Å². The van der Waals surface area contributed by atoms with Crippen LogP contribution in [0.2, 0.25) is 0 Å². The fourth-order valence-electron chi connectivity index (χ4n) is 5.72. The Balaban J connectivity index is 1.49. The van der Waals surface area contributed by atoms with E-state index in [1.165, 1.54) is 36.4 Å². The van der Waals surface area contributed by atoms with E-state index < -0.39 is 35.6 Å². The molecule has 2 heterocycles. The molecule has 2 aliphatic heterocycles. The molecular weight excluding hydrogens is 540 g/mol. The minimum atomic E-state index is -1.24. The van der Waals surface area contributed by atoms with Gasteiger partial charge >= 0.3 is 11.9 Å². The van der Waals surface area contributed by atoms with Crippen LogP contribution < -0.4 is 9.80 Å². The van der Waals surface area contributed by atoms with Gasteiger partial charge in [0, 0.05) is 21.5 Å². The highest BCUT2D eigenvalue weighted by atomic mass is 16.4. The second kappa shape index (κ2) is 8.67. The average Bonchev–Trinajstić information content (AvgIpc) is 3.39. The standard InChI is InChI=1S/C32H16N2O8/c35-27-21-11-9-15(31(39)40)13-23(21)29(37)33(27)25-17-5-1-2-6-18(17)26(20-8-4-3-7-19(20)25)34-28(36)22-12-10-16(32(41)42)14-24(22)30(34)38/h1-14H,(H,39,40)(H,41,42). The van der Waals surface area contributed by atoms with Gasteiger partial charge < -0.3 is 10.2 Å². The van der Waals surface area contributed by atoms with Crippen molar-refractivity contribution in [2.75, 3.05) is 9.80 Å². The summed E-state index contributed by atoms with van der Waals surface area (Å²) in [4.78, 5) is 79.8. The lowest BCUT2D eigenvalue weighted by Gasteiger charge is -2.25. The van der Waals surface area contributed by atoms with Crippen molar-refractivity contribution in [3.63, 3.8) is 0 Å². The molecule has 0 aromatic heterocycles. The van der Waals surface area contributed by atoms with Gasteiger partial charge in [-0.25, -0.2) is 19.4 Å². The molecule has 0 unspecified atom stereocenters. The number of carboxylic acids is 2. The monoisotopic (exact) mass is 556 g/mol. The molecule has 0 aliphatic carbocycles. The zero-order valence-corrected chi connectivity index (χ0v) is 21.3. The Morgan fingerprint density at radius 1 is 0.452 bits per heavy atom. The first-order valence-electron chi connectivity index (χ1n) is 12.6. The van der Waals surface area contributed by atoms with Crippen LogP contribution in [0.4, 0.5) is 11.4 Å². The zero-order chi connectivity index (χ0) is 29.4. The van der Waals surface area contributed by atoms with Gasteiger partial charge in [-0.05, 0) is 36.4 Å². The van der Waals surface area contributed by atoms with E-state index in [1.54, 1.807) is 48.5 Å². The molecule has 202 valence electrons. The first kappa shape index (κ1) is 24.9. The molecule has 0 bridgehead atoms. The molecule has 0 saturated heterocycles. The van der Waals surface area contributed by atoms with E-state index in [0.717, 1.165) is 9.80 Å². The highest BCUT2D eigenvalue weighted by Gasteiger charge is 2.42. The van der Waals surface area contributed by atoms with Crippen molar-refractivity contribution in [2.24, 2.45) is 0 Å². The quantitative estimate of drug-likeness (QED) is 0.232. The second-order valence-corrected chi connectivity index (χ2v) is 9.81. The zero-order valence-electron chi connectivity index (χ0n) is 21.3. The lowest BCUT2D eigenvalue weighted by molar-refractivity contribution is 0.0686. The summed E-state index contributed by atoms with van der Waals surface area (Å²) in [6.45, 7) is 0. The van der Waals surface area contributed by atoms with E-state index in [-0.39, 0.29) is 44.8 Å². The number of fused-ring (bicyclic) bond motifs is 4. The van der Waals surface area contributed by atoms with Crippen LogP contribution in [0.15, 0.2) is 84.9 Å². The number of aromatic carboxylic acids is 2. The molecule has 2 aliphatic rings. The Kier molecular flexibility index (Phi) is 5.13. The third kappa shape index (κ3) is 3.26. The smallest absolute Gasteiger partial charge is 0.335 e. The summed E-state index contributed by atoms with van der Waals surface area (Å²) in [6.07, 6.45) is 0. The number of benzene rings is 5. The highest BCUT2D eigenvalue weighted by molar-refractivity contribution is 6.42. The molecular formula is C32H16N2O8. The molecule has 0 atom stereocenters. The molecule has 10 heteroatoms. The molecule has 2 N–H and O–H groups in total. The molecule has 0 saturated carbocycles. The lowest BCUT2D eigenvalue weighted by atomic mass is 9.96. The van der Waals surface area contributed by atoms with Gasteiger partial charge in [0.2, 0.25) is 0 Å². The van der Waals surface area contributed by atoms with Crippen LogP contribution >= 0.6 is 0 Å². The average molecular weight is 556 g/mol. The summed E-state index contributed by atoms with van der Waals surface area (Å²) in [5, 5.41) is 20.4. The lowest BCUT2D eigenvalue weighted by Crippen LogP contribution is -2.32. The number of hydrogen-bond donors (Lipinski definition) is 2. The third-order valence-corrected chi connectivity index (χ3v) is 7.59. The number of carboxylic acid groups (broad SMARTS) is 2. The Labute approximate surface area is 235 Å². The Morgan fingerprint density at radius 3 is 1.07 bits per heavy atom. The third-order valence-electron chi connectivity index (χ3n) is 7.59. The van der Waals surface area contributed by atoms with Crippen molar-refractivity contribution in [2.45, 2.75) is 0 Å². The van der Waals surface area contributed by atoms with Crippen LogP contribution in [0.1, 0.15) is 62.1 Å². The Bertz CT molecular complexity index is 1940. The van der Waals surface area contributed by atoms with E-state index >= 15 is 0 Å². The summed E-state index contributed by atoms with van der Waals surface area (Å²) in [5.41, 5.74) is 0.166. The molecule has 0 fully saturated rings. The summed E-state index contributed by atoms with van der Waals surface area (Å²) in [6, 6.07) is 20.9. The topological polar surface area (TPSA) is 149 Å². The molecule has 42 heavy (non-hydrogen) atoms. The van der Waals surface area contributed by atoms with E-state index in [2.05, 4.69) is 0 Å². The predicted molar refractivity (Wildman–Crippen MR) is 151 cm³/mol. The van der Waals surface area contributed by atoms with Crippen LogP contribution in [-0.4, -0.2) is 45.8 Å². The van der Waals surface area contributed by atoms with Gasteiger partial charge in [-0.2, -0.15) is 0 Å². The number of amides is 4. The van der Waals surface area contributed by atoms with Crippen molar-refractivity contribution in [3.05, 3.63) is 118 Å². The van der Waals surface area contributed by atoms with Crippen LogP contribution in [0.3, 0.4) is 0 Å². The first-order valence-corrected chi connectivity index (χ1v) is 12.6. The van der Waals surface area contributed by atoms with Gasteiger partial charge in [0.1, 0.15) is 0 Å². The molecule has 5 aromatic rings.